The predicted molar refractivity (Wildman–Crippen MR) is 101 cm³/mol. The minimum absolute atomic E-state index is 0.142. The van der Waals surface area contributed by atoms with E-state index >= 15 is 0 Å². The minimum Gasteiger partial charge on any atom is -0.335 e. The van der Waals surface area contributed by atoms with Crippen molar-refractivity contribution in [2.24, 2.45) is 0 Å². The maximum atomic E-state index is 12.1. The van der Waals surface area contributed by atoms with Crippen LogP contribution in [0.2, 0.25) is 0 Å². The summed E-state index contributed by atoms with van der Waals surface area (Å²) in [5.41, 5.74) is 3.17. The van der Waals surface area contributed by atoms with E-state index in [2.05, 4.69) is 15.5 Å². The number of benzene rings is 2. The summed E-state index contributed by atoms with van der Waals surface area (Å²) in [6.07, 6.45) is 0. The van der Waals surface area contributed by atoms with Crippen LogP contribution in [0.4, 0.5) is 5.69 Å². The van der Waals surface area contributed by atoms with E-state index in [1.807, 2.05) is 37.3 Å². The summed E-state index contributed by atoms with van der Waals surface area (Å²) in [4.78, 5) is 12.1. The van der Waals surface area contributed by atoms with Crippen molar-refractivity contribution >= 4 is 23.4 Å². The molecular formula is C18H16N6OS. The maximum absolute atomic E-state index is 12.1. The van der Waals surface area contributed by atoms with E-state index in [4.69, 9.17) is 11.1 Å². The molecule has 3 aromatic rings. The molecule has 0 radical (unpaired) electrons. The molecule has 7 nitrogen and oxygen atoms in total. The number of hydrogen-bond acceptors (Lipinski definition) is 6. The standard InChI is InChI=1S/C18H16N6OS/c1-12-2-6-14(7-3-12)17-22-23-18(24(17)20)26-11-16(25)21-15-8-4-13(10-19)5-9-15/h2-9H,11,20H2,1H3,(H,21,25). The zero-order chi connectivity index (χ0) is 18.5. The van der Waals surface area contributed by atoms with E-state index < -0.39 is 0 Å². The molecule has 130 valence electrons. The van der Waals surface area contributed by atoms with Gasteiger partial charge in [-0.1, -0.05) is 41.6 Å². The van der Waals surface area contributed by atoms with Crippen molar-refractivity contribution in [1.29, 1.82) is 5.26 Å². The van der Waals surface area contributed by atoms with Gasteiger partial charge < -0.3 is 11.2 Å². The second kappa shape index (κ2) is 7.72. The third-order valence-corrected chi connectivity index (χ3v) is 4.55. The van der Waals surface area contributed by atoms with Crippen molar-refractivity contribution in [3.63, 3.8) is 0 Å². The van der Waals surface area contributed by atoms with Gasteiger partial charge in [0.25, 0.3) is 0 Å². The Labute approximate surface area is 154 Å². The number of nitrogens with one attached hydrogen (secondary N) is 1. The summed E-state index contributed by atoms with van der Waals surface area (Å²) in [6.45, 7) is 2.00. The Morgan fingerprint density at radius 2 is 1.88 bits per heavy atom. The van der Waals surface area contributed by atoms with Gasteiger partial charge in [0.1, 0.15) is 0 Å². The van der Waals surface area contributed by atoms with Crippen LogP contribution in [0.5, 0.6) is 0 Å². The molecule has 0 saturated carbocycles. The van der Waals surface area contributed by atoms with Crippen molar-refractivity contribution in [2.75, 3.05) is 16.9 Å². The summed E-state index contributed by atoms with van der Waals surface area (Å²) in [6, 6.07) is 16.5. The number of aromatic nitrogens is 3. The average Bonchev–Trinajstić information content (AvgIpc) is 3.02. The zero-order valence-electron chi connectivity index (χ0n) is 14.0. The highest BCUT2D eigenvalue weighted by atomic mass is 32.2. The molecule has 0 saturated heterocycles. The Morgan fingerprint density at radius 3 is 2.54 bits per heavy atom. The van der Waals surface area contributed by atoms with Crippen LogP contribution in [0, 0.1) is 18.3 Å². The van der Waals surface area contributed by atoms with Crippen LogP contribution < -0.4 is 11.2 Å². The van der Waals surface area contributed by atoms with Crippen molar-refractivity contribution < 1.29 is 4.79 Å². The fourth-order valence-corrected chi connectivity index (χ4v) is 2.89. The normalized spacial score (nSPS) is 10.3. The molecule has 1 heterocycles. The maximum Gasteiger partial charge on any atom is 0.234 e. The van der Waals surface area contributed by atoms with Crippen LogP contribution in [0.15, 0.2) is 53.7 Å². The number of hydrogen-bond donors (Lipinski definition) is 2. The number of carbonyl (C=O) groups excluding carboxylic acids is 1. The molecule has 0 aliphatic rings. The SMILES string of the molecule is Cc1ccc(-c2nnc(SCC(=O)Nc3ccc(C#N)cc3)n2N)cc1. The van der Waals surface area contributed by atoms with Gasteiger partial charge in [0.05, 0.1) is 17.4 Å². The number of anilines is 1. The lowest BCUT2D eigenvalue weighted by Crippen LogP contribution is -2.16. The zero-order valence-corrected chi connectivity index (χ0v) is 14.8. The van der Waals surface area contributed by atoms with E-state index in [1.54, 1.807) is 24.3 Å². The van der Waals surface area contributed by atoms with Crippen LogP contribution in [0.25, 0.3) is 11.4 Å². The summed E-state index contributed by atoms with van der Waals surface area (Å²) in [5.74, 6) is 6.54. The Morgan fingerprint density at radius 1 is 1.19 bits per heavy atom. The number of rotatable bonds is 5. The van der Waals surface area contributed by atoms with E-state index in [-0.39, 0.29) is 11.7 Å². The number of nitriles is 1. The topological polar surface area (TPSA) is 110 Å². The summed E-state index contributed by atoms with van der Waals surface area (Å²) >= 11 is 1.20. The highest BCUT2D eigenvalue weighted by molar-refractivity contribution is 7.99. The molecule has 1 aromatic heterocycles. The second-order valence-corrected chi connectivity index (χ2v) is 6.51. The highest BCUT2D eigenvalue weighted by Crippen LogP contribution is 2.22. The van der Waals surface area contributed by atoms with Crippen LogP contribution in [-0.2, 0) is 4.79 Å². The Hall–Kier alpha value is -3.31. The predicted octanol–water partition coefficient (Wildman–Crippen LogP) is 2.57. The molecular weight excluding hydrogens is 348 g/mol. The third-order valence-electron chi connectivity index (χ3n) is 3.60. The van der Waals surface area contributed by atoms with Crippen LogP contribution in [-0.4, -0.2) is 26.5 Å². The van der Waals surface area contributed by atoms with E-state index in [9.17, 15) is 4.79 Å². The average molecular weight is 364 g/mol. The van der Waals surface area contributed by atoms with E-state index in [0.717, 1.165) is 11.1 Å². The molecule has 0 fully saturated rings. The number of nitrogens with two attached hydrogens (primary N) is 1. The minimum atomic E-state index is -0.195. The van der Waals surface area contributed by atoms with Crippen molar-refractivity contribution in [3.8, 4) is 17.5 Å². The number of carbonyl (C=O) groups is 1. The molecule has 8 heteroatoms. The Bertz CT molecular complexity index is 957. The summed E-state index contributed by atoms with van der Waals surface area (Å²) in [7, 11) is 0. The van der Waals surface area contributed by atoms with Gasteiger partial charge in [0.15, 0.2) is 5.82 Å². The lowest BCUT2D eigenvalue weighted by atomic mass is 10.1. The molecule has 0 unspecified atom stereocenters. The molecule has 0 bridgehead atoms. The number of nitrogen functional groups attached to an aromatic ring is 1. The largest absolute Gasteiger partial charge is 0.335 e. The van der Waals surface area contributed by atoms with E-state index in [0.29, 0.717) is 22.2 Å². The Balaban J connectivity index is 1.61. The lowest BCUT2D eigenvalue weighted by molar-refractivity contribution is -0.113. The fourth-order valence-electron chi connectivity index (χ4n) is 2.23. The quantitative estimate of drug-likeness (QED) is 0.532. The van der Waals surface area contributed by atoms with Crippen LogP contribution in [0.3, 0.4) is 0 Å². The van der Waals surface area contributed by atoms with Gasteiger partial charge in [-0.3, -0.25) is 4.79 Å². The van der Waals surface area contributed by atoms with Gasteiger partial charge in [-0.2, -0.15) is 5.26 Å². The molecule has 26 heavy (non-hydrogen) atoms. The van der Waals surface area contributed by atoms with Crippen molar-refractivity contribution in [3.05, 3.63) is 59.7 Å². The summed E-state index contributed by atoms with van der Waals surface area (Å²) < 4.78 is 1.38. The highest BCUT2D eigenvalue weighted by Gasteiger charge is 2.13. The third kappa shape index (κ3) is 4.02. The number of nitrogens with zero attached hydrogens (tertiary/aromatic N) is 4. The molecule has 3 rings (SSSR count). The van der Waals surface area contributed by atoms with E-state index in [1.165, 1.54) is 16.4 Å². The molecule has 0 atom stereocenters. The molecule has 2 aromatic carbocycles. The van der Waals surface area contributed by atoms with Gasteiger partial charge in [-0.15, -0.1) is 10.2 Å². The van der Waals surface area contributed by atoms with Gasteiger partial charge in [0, 0.05) is 11.3 Å². The lowest BCUT2D eigenvalue weighted by Gasteiger charge is -2.06. The van der Waals surface area contributed by atoms with Gasteiger partial charge in [0.2, 0.25) is 11.1 Å². The first-order chi connectivity index (χ1) is 12.6. The molecule has 1 amide bonds. The van der Waals surface area contributed by atoms with Gasteiger partial charge in [-0.25, -0.2) is 4.68 Å². The number of amides is 1. The Kier molecular flexibility index (Phi) is 5.20. The molecule has 3 N–H and O–H groups in total. The monoisotopic (exact) mass is 364 g/mol. The van der Waals surface area contributed by atoms with Crippen molar-refractivity contribution in [2.45, 2.75) is 12.1 Å². The van der Waals surface area contributed by atoms with Crippen LogP contribution in [0.1, 0.15) is 11.1 Å². The van der Waals surface area contributed by atoms with Crippen molar-refractivity contribution in [1.82, 2.24) is 14.9 Å². The van der Waals surface area contributed by atoms with Gasteiger partial charge in [-0.05, 0) is 31.2 Å². The van der Waals surface area contributed by atoms with Gasteiger partial charge >= 0.3 is 0 Å². The second-order valence-electron chi connectivity index (χ2n) is 5.57. The molecule has 0 aliphatic heterocycles. The smallest absolute Gasteiger partial charge is 0.234 e. The first-order valence-electron chi connectivity index (χ1n) is 7.77. The fraction of sp³-hybridized carbons (Fsp3) is 0.111. The molecule has 0 spiro atoms. The first kappa shape index (κ1) is 17.5. The first-order valence-corrected chi connectivity index (χ1v) is 8.76. The van der Waals surface area contributed by atoms with Crippen LogP contribution >= 0.6 is 11.8 Å². The molecule has 0 aliphatic carbocycles. The number of aryl methyl sites for hydroxylation is 1. The number of thioether (sulfide) groups is 1. The summed E-state index contributed by atoms with van der Waals surface area (Å²) in [5, 5.41) is 20.1.